The van der Waals surface area contributed by atoms with E-state index in [0.29, 0.717) is 12.3 Å². The molecule has 19 heavy (non-hydrogen) atoms. The number of aliphatic carboxylic acids is 1. The fourth-order valence-electron chi connectivity index (χ4n) is 2.75. The Kier molecular flexibility index (Phi) is 6.23. The second-order valence-corrected chi connectivity index (χ2v) is 6.10. The summed E-state index contributed by atoms with van der Waals surface area (Å²) in [6, 6.07) is 0.168. The highest BCUT2D eigenvalue weighted by atomic mass is 16.5. The zero-order valence-electron chi connectivity index (χ0n) is 12.6. The number of rotatable bonds is 8. The van der Waals surface area contributed by atoms with Crippen LogP contribution in [0.5, 0.6) is 0 Å². The number of carboxylic acid groups (broad SMARTS) is 1. The van der Waals surface area contributed by atoms with Gasteiger partial charge in [0.15, 0.2) is 0 Å². The number of hydrogen-bond acceptors (Lipinski definition) is 4. The minimum Gasteiger partial charge on any atom is -0.480 e. The summed E-state index contributed by atoms with van der Waals surface area (Å²) in [4.78, 5) is 13.8. The molecule has 112 valence electrons. The number of ether oxygens (including phenoxy) is 1. The number of likely N-dealkylation sites (tertiary alicyclic amines) is 1. The molecule has 0 saturated carbocycles. The molecule has 2 atom stereocenters. The monoisotopic (exact) mass is 272 g/mol. The molecule has 1 heterocycles. The third kappa shape index (κ3) is 5.09. The van der Waals surface area contributed by atoms with E-state index in [1.54, 1.807) is 14.0 Å². The molecule has 0 aromatic carbocycles. The van der Waals surface area contributed by atoms with E-state index in [0.717, 1.165) is 32.7 Å². The Labute approximate surface area is 116 Å². The Morgan fingerprint density at radius 2 is 2.26 bits per heavy atom. The minimum absolute atomic E-state index is 0.168. The van der Waals surface area contributed by atoms with Gasteiger partial charge in [-0.15, -0.1) is 0 Å². The molecule has 2 N–H and O–H groups in total. The van der Waals surface area contributed by atoms with Crippen LogP contribution in [0.3, 0.4) is 0 Å². The molecule has 1 saturated heterocycles. The second kappa shape index (κ2) is 7.22. The first-order valence-corrected chi connectivity index (χ1v) is 7.10. The largest absolute Gasteiger partial charge is 0.480 e. The van der Waals surface area contributed by atoms with Crippen molar-refractivity contribution in [3.63, 3.8) is 0 Å². The van der Waals surface area contributed by atoms with Gasteiger partial charge in [-0.2, -0.15) is 0 Å². The average molecular weight is 272 g/mol. The first-order valence-electron chi connectivity index (χ1n) is 7.10. The van der Waals surface area contributed by atoms with Gasteiger partial charge in [-0.3, -0.25) is 10.1 Å². The van der Waals surface area contributed by atoms with E-state index in [4.69, 9.17) is 4.74 Å². The molecule has 1 rings (SSSR count). The van der Waals surface area contributed by atoms with Gasteiger partial charge in [-0.05, 0) is 46.1 Å². The fraction of sp³-hybridized carbons (Fsp3) is 0.929. The third-order valence-corrected chi connectivity index (χ3v) is 3.78. The number of methoxy groups -OCH3 is 1. The quantitative estimate of drug-likeness (QED) is 0.695. The van der Waals surface area contributed by atoms with Gasteiger partial charge in [0, 0.05) is 26.2 Å². The molecule has 0 radical (unpaired) electrons. The minimum atomic E-state index is -0.840. The lowest BCUT2D eigenvalue weighted by molar-refractivity contribution is -0.144. The Morgan fingerprint density at radius 1 is 1.58 bits per heavy atom. The van der Waals surface area contributed by atoms with Crippen LogP contribution < -0.4 is 5.32 Å². The van der Waals surface area contributed by atoms with Crippen molar-refractivity contribution < 1.29 is 14.6 Å². The van der Waals surface area contributed by atoms with Gasteiger partial charge in [0.1, 0.15) is 5.54 Å². The van der Waals surface area contributed by atoms with E-state index in [2.05, 4.69) is 10.2 Å². The van der Waals surface area contributed by atoms with Crippen molar-refractivity contribution in [2.75, 3.05) is 33.4 Å². The summed E-state index contributed by atoms with van der Waals surface area (Å²) in [5.74, 6) is -0.173. The van der Waals surface area contributed by atoms with Crippen molar-refractivity contribution in [3.05, 3.63) is 0 Å². The van der Waals surface area contributed by atoms with E-state index in [1.165, 1.54) is 0 Å². The molecule has 5 heteroatoms. The molecule has 0 aromatic heterocycles. The summed E-state index contributed by atoms with van der Waals surface area (Å²) in [6.07, 6.45) is 1.77. The first kappa shape index (κ1) is 16.4. The van der Waals surface area contributed by atoms with Crippen LogP contribution in [0, 0.1) is 5.92 Å². The topological polar surface area (TPSA) is 61.8 Å². The zero-order chi connectivity index (χ0) is 14.5. The number of hydrogen-bond donors (Lipinski definition) is 2. The molecule has 0 aliphatic carbocycles. The predicted octanol–water partition coefficient (Wildman–Crippen LogP) is 1.19. The van der Waals surface area contributed by atoms with Crippen molar-refractivity contribution >= 4 is 5.97 Å². The van der Waals surface area contributed by atoms with E-state index >= 15 is 0 Å². The number of nitrogens with one attached hydrogen (secondary N) is 1. The zero-order valence-corrected chi connectivity index (χ0v) is 12.6. The normalized spacial score (nSPS) is 23.7. The van der Waals surface area contributed by atoms with E-state index in [-0.39, 0.29) is 6.04 Å². The number of nitrogens with zero attached hydrogens (tertiary/aromatic N) is 1. The molecule has 2 unspecified atom stereocenters. The van der Waals surface area contributed by atoms with E-state index < -0.39 is 11.5 Å². The smallest absolute Gasteiger partial charge is 0.323 e. The molecule has 0 spiro atoms. The van der Waals surface area contributed by atoms with Gasteiger partial charge >= 0.3 is 5.97 Å². The van der Waals surface area contributed by atoms with Crippen molar-refractivity contribution in [1.82, 2.24) is 10.2 Å². The van der Waals surface area contributed by atoms with Crippen molar-refractivity contribution in [3.8, 4) is 0 Å². The Balaban J connectivity index is 2.43. The van der Waals surface area contributed by atoms with Gasteiger partial charge < -0.3 is 14.7 Å². The molecular formula is C14H28N2O3. The van der Waals surface area contributed by atoms with Crippen LogP contribution in [-0.4, -0.2) is 60.9 Å². The fourth-order valence-corrected chi connectivity index (χ4v) is 2.75. The van der Waals surface area contributed by atoms with E-state index in [9.17, 15) is 9.90 Å². The highest BCUT2D eigenvalue weighted by molar-refractivity contribution is 5.78. The van der Waals surface area contributed by atoms with Crippen LogP contribution in [0.25, 0.3) is 0 Å². The molecule has 1 fully saturated rings. The molecule has 0 bridgehead atoms. The van der Waals surface area contributed by atoms with Crippen LogP contribution in [0.2, 0.25) is 0 Å². The van der Waals surface area contributed by atoms with Crippen LogP contribution in [0.1, 0.15) is 33.6 Å². The standard InChI is InChI=1S/C14H28N2O3/c1-11(2)15-14(3,13(17)18)6-8-16-7-5-12(9-16)10-19-4/h11-12,15H,5-10H2,1-4H3,(H,17,18). The maximum atomic E-state index is 11.4. The van der Waals surface area contributed by atoms with Crippen LogP contribution in [-0.2, 0) is 9.53 Å². The molecule has 5 nitrogen and oxygen atoms in total. The molecule has 1 aliphatic rings. The number of carboxylic acids is 1. The molecule has 0 amide bonds. The lowest BCUT2D eigenvalue weighted by Crippen LogP contribution is -2.53. The van der Waals surface area contributed by atoms with Gasteiger partial charge in [0.05, 0.1) is 6.61 Å². The molecule has 1 aliphatic heterocycles. The molecular weight excluding hydrogens is 244 g/mol. The SMILES string of the molecule is COCC1CCN(CCC(C)(NC(C)C)C(=O)O)C1. The summed E-state index contributed by atoms with van der Waals surface area (Å²) in [5.41, 5.74) is -0.840. The summed E-state index contributed by atoms with van der Waals surface area (Å²) >= 11 is 0. The van der Waals surface area contributed by atoms with Crippen molar-refractivity contribution in [1.29, 1.82) is 0 Å². The van der Waals surface area contributed by atoms with Gasteiger partial charge in [0.2, 0.25) is 0 Å². The Morgan fingerprint density at radius 3 is 2.79 bits per heavy atom. The highest BCUT2D eigenvalue weighted by Gasteiger charge is 2.34. The number of carbonyl (C=O) groups is 1. The lowest BCUT2D eigenvalue weighted by Gasteiger charge is -2.30. The van der Waals surface area contributed by atoms with Crippen LogP contribution in [0.4, 0.5) is 0 Å². The summed E-state index contributed by atoms with van der Waals surface area (Å²) in [7, 11) is 1.73. The van der Waals surface area contributed by atoms with Crippen molar-refractivity contribution in [2.45, 2.75) is 45.2 Å². The van der Waals surface area contributed by atoms with E-state index in [1.807, 2.05) is 13.8 Å². The Hall–Kier alpha value is -0.650. The maximum absolute atomic E-state index is 11.4. The summed E-state index contributed by atoms with van der Waals surface area (Å²) < 4.78 is 5.18. The maximum Gasteiger partial charge on any atom is 0.323 e. The van der Waals surface area contributed by atoms with Gasteiger partial charge in [0.25, 0.3) is 0 Å². The second-order valence-electron chi connectivity index (χ2n) is 6.10. The van der Waals surface area contributed by atoms with Crippen molar-refractivity contribution in [2.24, 2.45) is 5.92 Å². The summed E-state index contributed by atoms with van der Waals surface area (Å²) in [6.45, 7) is 9.42. The molecule has 0 aromatic rings. The Bertz CT molecular complexity index is 296. The van der Waals surface area contributed by atoms with Crippen LogP contribution >= 0.6 is 0 Å². The summed E-state index contributed by atoms with van der Waals surface area (Å²) in [5, 5.41) is 12.6. The first-order chi connectivity index (χ1) is 8.87. The predicted molar refractivity (Wildman–Crippen MR) is 75.4 cm³/mol. The highest BCUT2D eigenvalue weighted by Crippen LogP contribution is 2.19. The van der Waals surface area contributed by atoms with Crippen LogP contribution in [0.15, 0.2) is 0 Å². The lowest BCUT2D eigenvalue weighted by atomic mass is 9.96. The average Bonchev–Trinajstić information content (AvgIpc) is 2.74. The third-order valence-electron chi connectivity index (χ3n) is 3.78. The van der Waals surface area contributed by atoms with Gasteiger partial charge in [-0.25, -0.2) is 0 Å². The van der Waals surface area contributed by atoms with Gasteiger partial charge in [-0.1, -0.05) is 0 Å².